The number of hydrogen-bond acceptors (Lipinski definition) is 6. The number of hydrogen-bond donors (Lipinski definition) is 0. The van der Waals surface area contributed by atoms with Crippen LogP contribution in [0.5, 0.6) is 0 Å². The van der Waals surface area contributed by atoms with Gasteiger partial charge in [-0.15, -0.1) is 11.3 Å². The van der Waals surface area contributed by atoms with Crippen LogP contribution in [0.4, 0.5) is 0 Å². The molecule has 1 aliphatic rings. The summed E-state index contributed by atoms with van der Waals surface area (Å²) in [6.07, 6.45) is 1.72. The van der Waals surface area contributed by atoms with Crippen LogP contribution in [0.25, 0.3) is 0 Å². The highest BCUT2D eigenvalue weighted by atomic mass is 32.2. The smallest absolute Gasteiger partial charge is 0.179 e. The molecule has 1 aromatic heterocycles. The molecule has 0 radical (unpaired) electrons. The molecule has 0 saturated carbocycles. The second kappa shape index (κ2) is 6.87. The summed E-state index contributed by atoms with van der Waals surface area (Å²) in [6.45, 7) is 2.57. The fraction of sp³-hybridized carbons (Fsp3) is 0.400. The van der Waals surface area contributed by atoms with Crippen LogP contribution in [-0.4, -0.2) is 50.3 Å². The summed E-state index contributed by atoms with van der Waals surface area (Å²) in [5.74, 6) is 0.127. The van der Waals surface area contributed by atoms with Gasteiger partial charge in [0.25, 0.3) is 0 Å². The fourth-order valence-electron chi connectivity index (χ4n) is 2.44. The third-order valence-electron chi connectivity index (χ3n) is 3.66. The van der Waals surface area contributed by atoms with Crippen molar-refractivity contribution in [3.05, 3.63) is 46.9 Å². The van der Waals surface area contributed by atoms with E-state index in [-0.39, 0.29) is 11.9 Å². The van der Waals surface area contributed by atoms with Crippen LogP contribution >= 0.6 is 11.3 Å². The lowest BCUT2D eigenvalue weighted by atomic mass is 10.3. The molecule has 0 spiro atoms. The lowest BCUT2D eigenvalue weighted by Crippen LogP contribution is -2.40. The molecule has 7 heteroatoms. The van der Waals surface area contributed by atoms with Crippen molar-refractivity contribution in [2.24, 2.45) is 0 Å². The second-order valence-corrected chi connectivity index (χ2v) is 8.20. The number of ether oxygens (including phenoxy) is 1. The molecular weight excluding hydrogens is 320 g/mol. The molecule has 1 fully saturated rings. The Bertz CT molecular complexity index is 687. The maximum Gasteiger partial charge on any atom is 0.179 e. The van der Waals surface area contributed by atoms with Gasteiger partial charge in [0.15, 0.2) is 9.84 Å². The molecule has 0 aliphatic carbocycles. The first-order valence-corrected chi connectivity index (χ1v) is 9.69. The third kappa shape index (κ3) is 3.73. The van der Waals surface area contributed by atoms with Crippen LogP contribution in [0.3, 0.4) is 0 Å². The van der Waals surface area contributed by atoms with Gasteiger partial charge in [-0.1, -0.05) is 18.2 Å². The van der Waals surface area contributed by atoms with Crippen LogP contribution in [0.15, 0.2) is 46.8 Å². The van der Waals surface area contributed by atoms with E-state index in [1.807, 2.05) is 11.4 Å². The van der Waals surface area contributed by atoms with Crippen molar-refractivity contribution in [3.8, 4) is 0 Å². The Balaban J connectivity index is 1.59. The van der Waals surface area contributed by atoms with Gasteiger partial charge in [0.05, 0.1) is 17.3 Å². The molecule has 1 atom stereocenters. The van der Waals surface area contributed by atoms with E-state index >= 15 is 0 Å². The number of sulfone groups is 1. The van der Waals surface area contributed by atoms with Crippen molar-refractivity contribution >= 4 is 21.2 Å². The van der Waals surface area contributed by atoms with Gasteiger partial charge in [-0.2, -0.15) is 0 Å². The molecule has 2 heterocycles. The molecule has 0 N–H and O–H groups in total. The molecular formula is C15H18N2O3S2. The summed E-state index contributed by atoms with van der Waals surface area (Å²) in [6, 6.07) is 8.61. The Labute approximate surface area is 134 Å². The molecule has 118 valence electrons. The van der Waals surface area contributed by atoms with Crippen molar-refractivity contribution in [3.63, 3.8) is 0 Å². The minimum Gasteiger partial charge on any atom is -0.368 e. The first-order chi connectivity index (χ1) is 10.6. The Kier molecular flexibility index (Phi) is 4.87. The van der Waals surface area contributed by atoms with E-state index in [0.29, 0.717) is 24.6 Å². The number of thiazole rings is 1. The number of nitrogens with zero attached hydrogens (tertiary/aromatic N) is 2. The van der Waals surface area contributed by atoms with E-state index in [2.05, 4.69) is 9.88 Å². The standard InChI is InChI=1S/C15H18N2O3S2/c18-22(19,13-4-2-1-3-5-13)11-8-17-7-9-20-14(12-17)15-16-6-10-21-15/h1-6,10,14H,7-9,11-12H2/t14-/m0/s1. The molecule has 1 aliphatic heterocycles. The average molecular weight is 338 g/mol. The van der Waals surface area contributed by atoms with Crippen molar-refractivity contribution in [1.82, 2.24) is 9.88 Å². The van der Waals surface area contributed by atoms with Gasteiger partial charge in [0.1, 0.15) is 11.1 Å². The van der Waals surface area contributed by atoms with E-state index in [9.17, 15) is 8.42 Å². The summed E-state index contributed by atoms with van der Waals surface area (Å²) in [7, 11) is -3.23. The zero-order valence-corrected chi connectivity index (χ0v) is 13.7. The topological polar surface area (TPSA) is 59.5 Å². The first-order valence-electron chi connectivity index (χ1n) is 7.16. The maximum atomic E-state index is 12.3. The van der Waals surface area contributed by atoms with Gasteiger partial charge in [-0.05, 0) is 12.1 Å². The highest BCUT2D eigenvalue weighted by Gasteiger charge is 2.25. The summed E-state index contributed by atoms with van der Waals surface area (Å²) < 4.78 is 30.4. The lowest BCUT2D eigenvalue weighted by molar-refractivity contribution is -0.0280. The van der Waals surface area contributed by atoms with Gasteiger partial charge in [0, 0.05) is 31.2 Å². The quantitative estimate of drug-likeness (QED) is 0.834. The molecule has 0 bridgehead atoms. The molecule has 2 aromatic rings. The van der Waals surface area contributed by atoms with Gasteiger partial charge >= 0.3 is 0 Å². The molecule has 3 rings (SSSR count). The van der Waals surface area contributed by atoms with E-state index in [1.54, 1.807) is 41.8 Å². The van der Waals surface area contributed by atoms with Gasteiger partial charge in [-0.3, -0.25) is 4.90 Å². The zero-order valence-electron chi connectivity index (χ0n) is 12.1. The second-order valence-electron chi connectivity index (χ2n) is 5.16. The number of morpholine rings is 1. The summed E-state index contributed by atoms with van der Waals surface area (Å²) in [4.78, 5) is 6.80. The minimum absolute atomic E-state index is 0.0480. The van der Waals surface area contributed by atoms with Crippen molar-refractivity contribution in [1.29, 1.82) is 0 Å². The van der Waals surface area contributed by atoms with Crippen LogP contribution in [-0.2, 0) is 14.6 Å². The van der Waals surface area contributed by atoms with Crippen molar-refractivity contribution < 1.29 is 13.2 Å². The predicted molar refractivity (Wildman–Crippen MR) is 85.7 cm³/mol. The lowest BCUT2D eigenvalue weighted by Gasteiger charge is -2.31. The van der Waals surface area contributed by atoms with Crippen molar-refractivity contribution in [2.45, 2.75) is 11.0 Å². The predicted octanol–water partition coefficient (Wildman–Crippen LogP) is 1.99. The van der Waals surface area contributed by atoms with Crippen LogP contribution in [0.1, 0.15) is 11.1 Å². The monoisotopic (exact) mass is 338 g/mol. The zero-order chi connectivity index (χ0) is 15.4. The highest BCUT2D eigenvalue weighted by molar-refractivity contribution is 7.91. The minimum atomic E-state index is -3.23. The molecule has 0 unspecified atom stereocenters. The molecule has 1 aromatic carbocycles. The van der Waals surface area contributed by atoms with Gasteiger partial charge in [-0.25, -0.2) is 13.4 Å². The van der Waals surface area contributed by atoms with Gasteiger partial charge in [0.2, 0.25) is 0 Å². The van der Waals surface area contributed by atoms with Crippen LogP contribution in [0, 0.1) is 0 Å². The number of rotatable bonds is 5. The summed E-state index contributed by atoms with van der Waals surface area (Å²) in [5, 5.41) is 2.88. The van der Waals surface area contributed by atoms with Crippen LogP contribution < -0.4 is 0 Å². The Hall–Kier alpha value is -1.28. The third-order valence-corrected chi connectivity index (χ3v) is 6.23. The van der Waals surface area contributed by atoms with E-state index < -0.39 is 9.84 Å². The first kappa shape index (κ1) is 15.6. The summed E-state index contributed by atoms with van der Waals surface area (Å²) in [5.41, 5.74) is 0. The normalized spacial score (nSPS) is 20.1. The number of benzene rings is 1. The van der Waals surface area contributed by atoms with Crippen LogP contribution in [0.2, 0.25) is 0 Å². The number of aromatic nitrogens is 1. The maximum absolute atomic E-state index is 12.3. The van der Waals surface area contributed by atoms with E-state index in [1.165, 1.54) is 0 Å². The SMILES string of the molecule is O=S(=O)(CCN1CCO[C@H](c2nccs2)C1)c1ccccc1. The highest BCUT2D eigenvalue weighted by Crippen LogP contribution is 2.24. The fourth-order valence-corrected chi connectivity index (χ4v) is 4.43. The largest absolute Gasteiger partial charge is 0.368 e. The molecule has 0 amide bonds. The molecule has 22 heavy (non-hydrogen) atoms. The molecule has 5 nitrogen and oxygen atoms in total. The molecule has 1 saturated heterocycles. The Morgan fingerprint density at radius 1 is 1.32 bits per heavy atom. The Morgan fingerprint density at radius 2 is 2.14 bits per heavy atom. The van der Waals surface area contributed by atoms with E-state index in [4.69, 9.17) is 4.74 Å². The Morgan fingerprint density at radius 3 is 2.86 bits per heavy atom. The van der Waals surface area contributed by atoms with E-state index in [0.717, 1.165) is 11.6 Å². The average Bonchev–Trinajstić information content (AvgIpc) is 3.09. The van der Waals surface area contributed by atoms with Gasteiger partial charge < -0.3 is 4.74 Å². The van der Waals surface area contributed by atoms with Crippen molar-refractivity contribution in [2.75, 3.05) is 32.0 Å². The summed E-state index contributed by atoms with van der Waals surface area (Å²) >= 11 is 1.57.